The standard InChI is InChI=1S/C22H21ClN2O4S/c1-4-13(2)29-19-17(23)11-14(12-18(19)28-3)10-16-20(26)24-22(30)25(21(16)27)15-8-6-5-7-9-15/h5-13H,4H2,1-3H3,(H,24,26,30)/b16-10+/t13-/m1/s1. The molecule has 1 atom stereocenters. The number of nitrogens with one attached hydrogen (secondary N) is 1. The van der Waals surface area contributed by atoms with Crippen LogP contribution >= 0.6 is 23.8 Å². The number of halogens is 1. The average molecular weight is 445 g/mol. The zero-order valence-electron chi connectivity index (χ0n) is 16.8. The smallest absolute Gasteiger partial charge is 0.270 e. The lowest BCUT2D eigenvalue weighted by Crippen LogP contribution is -2.54. The van der Waals surface area contributed by atoms with Crippen LogP contribution in [0, 0.1) is 0 Å². The molecule has 156 valence electrons. The van der Waals surface area contributed by atoms with Crippen LogP contribution in [0.4, 0.5) is 5.69 Å². The van der Waals surface area contributed by atoms with Crippen molar-refractivity contribution in [1.29, 1.82) is 0 Å². The molecule has 0 unspecified atom stereocenters. The fraction of sp³-hybridized carbons (Fsp3) is 0.227. The van der Waals surface area contributed by atoms with E-state index in [1.54, 1.807) is 36.4 Å². The highest BCUT2D eigenvalue weighted by atomic mass is 35.5. The van der Waals surface area contributed by atoms with Gasteiger partial charge in [0.1, 0.15) is 5.57 Å². The van der Waals surface area contributed by atoms with E-state index in [1.807, 2.05) is 19.9 Å². The van der Waals surface area contributed by atoms with Crippen LogP contribution in [-0.2, 0) is 9.59 Å². The highest BCUT2D eigenvalue weighted by Crippen LogP contribution is 2.38. The summed E-state index contributed by atoms with van der Waals surface area (Å²) in [7, 11) is 1.50. The minimum absolute atomic E-state index is 0.0289. The first-order valence-electron chi connectivity index (χ1n) is 9.36. The number of hydrogen-bond acceptors (Lipinski definition) is 5. The third-order valence-electron chi connectivity index (χ3n) is 4.57. The summed E-state index contributed by atoms with van der Waals surface area (Å²) in [6.45, 7) is 3.93. The highest BCUT2D eigenvalue weighted by molar-refractivity contribution is 7.80. The number of amides is 2. The normalized spacial score (nSPS) is 16.5. The molecule has 30 heavy (non-hydrogen) atoms. The molecule has 1 N–H and O–H groups in total. The summed E-state index contributed by atoms with van der Waals surface area (Å²) in [5.41, 5.74) is 1.01. The third kappa shape index (κ3) is 4.47. The molecule has 2 aromatic carbocycles. The Morgan fingerprint density at radius 3 is 2.57 bits per heavy atom. The van der Waals surface area contributed by atoms with E-state index >= 15 is 0 Å². The molecular weight excluding hydrogens is 424 g/mol. The van der Waals surface area contributed by atoms with E-state index < -0.39 is 11.8 Å². The van der Waals surface area contributed by atoms with Gasteiger partial charge in [-0.05, 0) is 61.5 Å². The minimum Gasteiger partial charge on any atom is -0.493 e. The van der Waals surface area contributed by atoms with Gasteiger partial charge >= 0.3 is 0 Å². The summed E-state index contributed by atoms with van der Waals surface area (Å²) >= 11 is 11.6. The van der Waals surface area contributed by atoms with E-state index in [4.69, 9.17) is 33.3 Å². The average Bonchev–Trinajstić information content (AvgIpc) is 2.73. The molecule has 2 aromatic rings. The van der Waals surface area contributed by atoms with Crippen molar-refractivity contribution < 1.29 is 19.1 Å². The van der Waals surface area contributed by atoms with E-state index in [1.165, 1.54) is 18.1 Å². The van der Waals surface area contributed by atoms with Gasteiger partial charge in [-0.15, -0.1) is 0 Å². The van der Waals surface area contributed by atoms with E-state index in [0.29, 0.717) is 27.8 Å². The number of carbonyl (C=O) groups excluding carboxylic acids is 2. The number of nitrogens with zero attached hydrogens (tertiary/aromatic N) is 1. The van der Waals surface area contributed by atoms with Gasteiger partial charge in [-0.2, -0.15) is 0 Å². The van der Waals surface area contributed by atoms with Crippen LogP contribution < -0.4 is 19.7 Å². The van der Waals surface area contributed by atoms with Crippen LogP contribution in [0.2, 0.25) is 5.02 Å². The Hall–Kier alpha value is -2.90. The monoisotopic (exact) mass is 444 g/mol. The van der Waals surface area contributed by atoms with Gasteiger partial charge in [-0.1, -0.05) is 36.7 Å². The summed E-state index contributed by atoms with van der Waals surface area (Å²) < 4.78 is 11.3. The molecule has 0 bridgehead atoms. The van der Waals surface area contributed by atoms with Crippen LogP contribution in [0.3, 0.4) is 0 Å². The molecule has 0 aromatic heterocycles. The van der Waals surface area contributed by atoms with Crippen LogP contribution in [-0.4, -0.2) is 30.1 Å². The first kappa shape index (κ1) is 21.8. The summed E-state index contributed by atoms with van der Waals surface area (Å²) in [4.78, 5) is 26.8. The van der Waals surface area contributed by atoms with E-state index in [0.717, 1.165) is 6.42 Å². The molecule has 0 aliphatic carbocycles. The van der Waals surface area contributed by atoms with E-state index in [-0.39, 0.29) is 16.8 Å². The highest BCUT2D eigenvalue weighted by Gasteiger charge is 2.34. The molecule has 1 aliphatic heterocycles. The molecule has 0 spiro atoms. The summed E-state index contributed by atoms with van der Waals surface area (Å²) in [5.74, 6) is -0.270. The van der Waals surface area contributed by atoms with Gasteiger partial charge in [-0.3, -0.25) is 19.8 Å². The van der Waals surface area contributed by atoms with Gasteiger partial charge in [0.05, 0.1) is 23.9 Å². The molecule has 1 saturated heterocycles. The Bertz CT molecular complexity index is 1020. The number of benzene rings is 2. The molecule has 0 saturated carbocycles. The third-order valence-corrected chi connectivity index (χ3v) is 5.14. The van der Waals surface area contributed by atoms with Crippen molar-refractivity contribution in [3.8, 4) is 11.5 Å². The maximum absolute atomic E-state index is 13.1. The van der Waals surface area contributed by atoms with Crippen molar-refractivity contribution in [3.63, 3.8) is 0 Å². The molecule has 1 fully saturated rings. The Balaban J connectivity index is 2.00. The topological polar surface area (TPSA) is 67.9 Å². The number of anilines is 1. The molecule has 1 aliphatic rings. The predicted molar refractivity (Wildman–Crippen MR) is 121 cm³/mol. The number of carbonyl (C=O) groups is 2. The van der Waals surface area contributed by atoms with Crippen LogP contribution in [0.25, 0.3) is 6.08 Å². The van der Waals surface area contributed by atoms with E-state index in [2.05, 4.69) is 5.32 Å². The Labute approximate surface area is 185 Å². The van der Waals surface area contributed by atoms with Crippen LogP contribution in [0.5, 0.6) is 11.5 Å². The van der Waals surface area contributed by atoms with Gasteiger partial charge in [0, 0.05) is 0 Å². The van der Waals surface area contributed by atoms with Gasteiger partial charge < -0.3 is 9.47 Å². The van der Waals surface area contributed by atoms with Gasteiger partial charge in [-0.25, -0.2) is 0 Å². The second kappa shape index (κ2) is 9.28. The molecule has 0 radical (unpaired) electrons. The number of para-hydroxylation sites is 1. The minimum atomic E-state index is -0.577. The van der Waals surface area contributed by atoms with Gasteiger partial charge in [0.15, 0.2) is 16.6 Å². The van der Waals surface area contributed by atoms with Gasteiger partial charge in [0.2, 0.25) is 0 Å². The quantitative estimate of drug-likeness (QED) is 0.407. The number of rotatable bonds is 6. The Kier molecular flexibility index (Phi) is 6.74. The predicted octanol–water partition coefficient (Wildman–Crippen LogP) is 4.36. The lowest BCUT2D eigenvalue weighted by atomic mass is 10.1. The first-order chi connectivity index (χ1) is 14.3. The van der Waals surface area contributed by atoms with Crippen LogP contribution in [0.1, 0.15) is 25.8 Å². The van der Waals surface area contributed by atoms with Gasteiger partial charge in [0.25, 0.3) is 11.8 Å². The van der Waals surface area contributed by atoms with Crippen molar-refractivity contribution >= 4 is 52.5 Å². The SMILES string of the molecule is CC[C@@H](C)Oc1c(Cl)cc(/C=C2\C(=O)NC(=S)N(c3ccccc3)C2=O)cc1OC. The summed E-state index contributed by atoms with van der Waals surface area (Å²) in [6, 6.07) is 12.2. The molecule has 3 rings (SSSR count). The lowest BCUT2D eigenvalue weighted by Gasteiger charge is -2.28. The molecule has 2 amide bonds. The van der Waals surface area contributed by atoms with Crippen molar-refractivity contribution in [1.82, 2.24) is 5.32 Å². The van der Waals surface area contributed by atoms with Crippen molar-refractivity contribution in [3.05, 3.63) is 58.6 Å². The zero-order valence-corrected chi connectivity index (χ0v) is 18.3. The molecule has 6 nitrogen and oxygen atoms in total. The van der Waals surface area contributed by atoms with E-state index in [9.17, 15) is 9.59 Å². The van der Waals surface area contributed by atoms with Crippen molar-refractivity contribution in [2.45, 2.75) is 26.4 Å². The summed E-state index contributed by atoms with van der Waals surface area (Å²) in [5, 5.41) is 2.91. The van der Waals surface area contributed by atoms with Crippen LogP contribution in [0.15, 0.2) is 48.0 Å². The number of thiocarbonyl (C=S) groups is 1. The second-order valence-electron chi connectivity index (χ2n) is 6.66. The Morgan fingerprint density at radius 2 is 1.93 bits per heavy atom. The molecule has 1 heterocycles. The summed E-state index contributed by atoms with van der Waals surface area (Å²) in [6.07, 6.45) is 2.21. The lowest BCUT2D eigenvalue weighted by molar-refractivity contribution is -0.122. The largest absolute Gasteiger partial charge is 0.493 e. The van der Waals surface area contributed by atoms with Crippen molar-refractivity contribution in [2.75, 3.05) is 12.0 Å². The number of hydrogen-bond donors (Lipinski definition) is 1. The first-order valence-corrected chi connectivity index (χ1v) is 10.1. The molecule has 8 heteroatoms. The fourth-order valence-electron chi connectivity index (χ4n) is 2.86. The maximum atomic E-state index is 13.1. The Morgan fingerprint density at radius 1 is 1.23 bits per heavy atom. The molecular formula is C22H21ClN2O4S. The number of ether oxygens (including phenoxy) is 2. The maximum Gasteiger partial charge on any atom is 0.270 e. The second-order valence-corrected chi connectivity index (χ2v) is 7.46. The van der Waals surface area contributed by atoms with Crippen molar-refractivity contribution in [2.24, 2.45) is 0 Å². The fourth-order valence-corrected chi connectivity index (χ4v) is 3.40. The zero-order chi connectivity index (χ0) is 21.8. The number of methoxy groups -OCH3 is 1.